The monoisotopic (exact) mass is 376 g/mol. The SMILES string of the molecule is COc1ccc(C(=O)Nc2ccc3c(c2)N(S(C)(=O)=O)CC3)cc1OC. The van der Waals surface area contributed by atoms with Crippen LogP contribution in [0.15, 0.2) is 36.4 Å². The largest absolute Gasteiger partial charge is 0.493 e. The van der Waals surface area contributed by atoms with E-state index < -0.39 is 10.0 Å². The fourth-order valence-corrected chi connectivity index (χ4v) is 3.90. The van der Waals surface area contributed by atoms with E-state index in [1.165, 1.54) is 24.8 Å². The van der Waals surface area contributed by atoms with Gasteiger partial charge in [-0.2, -0.15) is 0 Å². The van der Waals surface area contributed by atoms with Crippen LogP contribution in [-0.2, 0) is 16.4 Å². The third-order valence-corrected chi connectivity index (χ3v) is 5.42. The van der Waals surface area contributed by atoms with E-state index in [9.17, 15) is 13.2 Å². The highest BCUT2D eigenvalue weighted by atomic mass is 32.2. The van der Waals surface area contributed by atoms with Gasteiger partial charge in [-0.05, 0) is 42.3 Å². The van der Waals surface area contributed by atoms with E-state index >= 15 is 0 Å². The van der Waals surface area contributed by atoms with Gasteiger partial charge in [0.2, 0.25) is 10.0 Å². The van der Waals surface area contributed by atoms with Crippen molar-refractivity contribution in [3.63, 3.8) is 0 Å². The summed E-state index contributed by atoms with van der Waals surface area (Å²) in [5.74, 6) is 0.664. The lowest BCUT2D eigenvalue weighted by molar-refractivity contribution is 0.102. The first kappa shape index (κ1) is 18.1. The molecule has 1 aliphatic rings. The highest BCUT2D eigenvalue weighted by molar-refractivity contribution is 7.92. The molecule has 0 saturated carbocycles. The fourth-order valence-electron chi connectivity index (χ4n) is 2.95. The lowest BCUT2D eigenvalue weighted by Crippen LogP contribution is -2.27. The predicted octanol–water partition coefficient (Wildman–Crippen LogP) is 2.28. The zero-order valence-electron chi connectivity index (χ0n) is 14.8. The molecule has 0 saturated heterocycles. The summed E-state index contributed by atoms with van der Waals surface area (Å²) >= 11 is 0. The third kappa shape index (κ3) is 3.45. The summed E-state index contributed by atoms with van der Waals surface area (Å²) in [7, 11) is -0.317. The Balaban J connectivity index is 1.85. The minimum absolute atomic E-state index is 0.324. The van der Waals surface area contributed by atoms with E-state index in [0.29, 0.717) is 41.4 Å². The molecule has 1 amide bonds. The number of anilines is 2. The van der Waals surface area contributed by atoms with Crippen molar-refractivity contribution >= 4 is 27.3 Å². The number of ether oxygens (including phenoxy) is 2. The zero-order chi connectivity index (χ0) is 18.9. The molecule has 1 N–H and O–H groups in total. The van der Waals surface area contributed by atoms with Crippen LogP contribution >= 0.6 is 0 Å². The van der Waals surface area contributed by atoms with Crippen molar-refractivity contribution in [3.05, 3.63) is 47.5 Å². The van der Waals surface area contributed by atoms with Gasteiger partial charge in [0.05, 0.1) is 26.2 Å². The lowest BCUT2D eigenvalue weighted by atomic mass is 10.1. The molecule has 0 radical (unpaired) electrons. The normalized spacial score (nSPS) is 13.3. The second kappa shape index (κ2) is 6.87. The molecule has 1 heterocycles. The summed E-state index contributed by atoms with van der Waals surface area (Å²) in [6.45, 7) is 0.418. The molecule has 0 aliphatic carbocycles. The molecule has 0 bridgehead atoms. The van der Waals surface area contributed by atoms with Crippen molar-refractivity contribution in [3.8, 4) is 11.5 Å². The molecule has 2 aromatic carbocycles. The van der Waals surface area contributed by atoms with Crippen LogP contribution in [0.4, 0.5) is 11.4 Å². The predicted molar refractivity (Wildman–Crippen MR) is 99.8 cm³/mol. The molecule has 26 heavy (non-hydrogen) atoms. The highest BCUT2D eigenvalue weighted by Crippen LogP contribution is 2.33. The molecule has 0 aromatic heterocycles. The van der Waals surface area contributed by atoms with E-state index in [0.717, 1.165) is 5.56 Å². The summed E-state index contributed by atoms with van der Waals surface area (Å²) in [4.78, 5) is 12.5. The highest BCUT2D eigenvalue weighted by Gasteiger charge is 2.26. The maximum absolute atomic E-state index is 12.5. The lowest BCUT2D eigenvalue weighted by Gasteiger charge is -2.17. The summed E-state index contributed by atoms with van der Waals surface area (Å²) in [6.07, 6.45) is 1.84. The molecule has 0 atom stereocenters. The Kier molecular flexibility index (Phi) is 4.78. The van der Waals surface area contributed by atoms with E-state index in [1.54, 1.807) is 30.3 Å². The number of sulfonamides is 1. The Labute approximate surface area is 152 Å². The van der Waals surface area contributed by atoms with Crippen LogP contribution in [0, 0.1) is 0 Å². The summed E-state index contributed by atoms with van der Waals surface area (Å²) in [5.41, 5.74) is 2.49. The maximum Gasteiger partial charge on any atom is 0.255 e. The van der Waals surface area contributed by atoms with Crippen LogP contribution in [0.3, 0.4) is 0 Å². The Hall–Kier alpha value is -2.74. The first-order valence-corrected chi connectivity index (χ1v) is 9.82. The Morgan fingerprint density at radius 2 is 1.81 bits per heavy atom. The van der Waals surface area contributed by atoms with Gasteiger partial charge in [0.25, 0.3) is 5.91 Å². The Morgan fingerprint density at radius 3 is 2.46 bits per heavy atom. The summed E-state index contributed by atoms with van der Waals surface area (Å²) in [5, 5.41) is 2.79. The van der Waals surface area contributed by atoms with Crippen LogP contribution in [0.1, 0.15) is 15.9 Å². The van der Waals surface area contributed by atoms with Crippen LogP contribution < -0.4 is 19.1 Å². The van der Waals surface area contributed by atoms with Crippen molar-refractivity contribution in [2.75, 3.05) is 36.6 Å². The van der Waals surface area contributed by atoms with Crippen molar-refractivity contribution in [1.29, 1.82) is 0 Å². The van der Waals surface area contributed by atoms with Gasteiger partial charge in [-0.15, -0.1) is 0 Å². The third-order valence-electron chi connectivity index (χ3n) is 4.24. The van der Waals surface area contributed by atoms with Crippen LogP contribution in [0.5, 0.6) is 11.5 Å². The number of hydrogen-bond acceptors (Lipinski definition) is 5. The van der Waals surface area contributed by atoms with Gasteiger partial charge in [-0.25, -0.2) is 8.42 Å². The minimum Gasteiger partial charge on any atom is -0.493 e. The second-order valence-electron chi connectivity index (χ2n) is 5.95. The maximum atomic E-state index is 12.5. The number of carbonyl (C=O) groups excluding carboxylic acids is 1. The smallest absolute Gasteiger partial charge is 0.255 e. The van der Waals surface area contributed by atoms with Gasteiger partial charge in [0, 0.05) is 17.8 Å². The topological polar surface area (TPSA) is 84.9 Å². The molecular formula is C18H20N2O5S. The van der Waals surface area contributed by atoms with Gasteiger partial charge in [0.15, 0.2) is 11.5 Å². The molecule has 138 valence electrons. The number of rotatable bonds is 5. The van der Waals surface area contributed by atoms with Gasteiger partial charge < -0.3 is 14.8 Å². The number of hydrogen-bond donors (Lipinski definition) is 1. The van der Waals surface area contributed by atoms with Crippen molar-refractivity contribution in [2.24, 2.45) is 0 Å². The van der Waals surface area contributed by atoms with Crippen LogP contribution in [0.2, 0.25) is 0 Å². The molecule has 1 aliphatic heterocycles. The number of fused-ring (bicyclic) bond motifs is 1. The molecular weight excluding hydrogens is 356 g/mol. The van der Waals surface area contributed by atoms with E-state index in [4.69, 9.17) is 9.47 Å². The molecule has 0 spiro atoms. The Morgan fingerprint density at radius 1 is 1.08 bits per heavy atom. The Bertz CT molecular complexity index is 956. The second-order valence-corrected chi connectivity index (χ2v) is 7.86. The van der Waals surface area contributed by atoms with Crippen LogP contribution in [0.25, 0.3) is 0 Å². The van der Waals surface area contributed by atoms with E-state index in [2.05, 4.69) is 5.32 Å². The number of methoxy groups -OCH3 is 2. The molecule has 8 heteroatoms. The van der Waals surface area contributed by atoms with Crippen LogP contribution in [-0.4, -0.2) is 41.3 Å². The standard InChI is InChI=1S/C18H20N2O5S/c1-24-16-7-5-13(10-17(16)25-2)18(21)19-14-6-4-12-8-9-20(15(12)11-14)26(3,22)23/h4-7,10-11H,8-9H2,1-3H3,(H,19,21). The molecule has 7 nitrogen and oxygen atoms in total. The summed E-state index contributed by atoms with van der Waals surface area (Å²) in [6, 6.07) is 10.2. The molecule has 2 aromatic rings. The number of nitrogens with one attached hydrogen (secondary N) is 1. The number of nitrogens with zero attached hydrogens (tertiary/aromatic N) is 1. The minimum atomic E-state index is -3.34. The van der Waals surface area contributed by atoms with Gasteiger partial charge in [-0.3, -0.25) is 9.10 Å². The first-order chi connectivity index (χ1) is 12.3. The average Bonchev–Trinajstić information content (AvgIpc) is 3.04. The van der Waals surface area contributed by atoms with Crippen molar-refractivity contribution in [2.45, 2.75) is 6.42 Å². The number of amides is 1. The van der Waals surface area contributed by atoms with E-state index in [1.807, 2.05) is 6.07 Å². The van der Waals surface area contributed by atoms with Gasteiger partial charge >= 0.3 is 0 Å². The first-order valence-electron chi connectivity index (χ1n) is 7.97. The fraction of sp³-hybridized carbons (Fsp3) is 0.278. The number of carbonyl (C=O) groups is 1. The van der Waals surface area contributed by atoms with Crippen molar-refractivity contribution < 1.29 is 22.7 Å². The zero-order valence-corrected chi connectivity index (χ0v) is 15.6. The van der Waals surface area contributed by atoms with Gasteiger partial charge in [0.1, 0.15) is 0 Å². The van der Waals surface area contributed by atoms with E-state index in [-0.39, 0.29) is 5.91 Å². The quantitative estimate of drug-likeness (QED) is 0.865. The van der Waals surface area contributed by atoms with Gasteiger partial charge in [-0.1, -0.05) is 6.07 Å². The summed E-state index contributed by atoms with van der Waals surface area (Å²) < 4.78 is 35.5. The molecule has 0 fully saturated rings. The van der Waals surface area contributed by atoms with Crippen molar-refractivity contribution in [1.82, 2.24) is 0 Å². The number of benzene rings is 2. The molecule has 0 unspecified atom stereocenters. The molecule has 3 rings (SSSR count). The average molecular weight is 376 g/mol.